The van der Waals surface area contributed by atoms with Crippen molar-refractivity contribution in [3.05, 3.63) is 86.0 Å². The number of hydrogen-bond donors (Lipinski definition) is 0. The van der Waals surface area contributed by atoms with Crippen molar-refractivity contribution in [3.63, 3.8) is 0 Å². The lowest BCUT2D eigenvalue weighted by molar-refractivity contribution is 0.0224. The van der Waals surface area contributed by atoms with Crippen molar-refractivity contribution in [1.29, 1.82) is 0 Å². The molecule has 0 bridgehead atoms. The molecule has 0 atom stereocenters. The first-order chi connectivity index (χ1) is 16.7. The van der Waals surface area contributed by atoms with Gasteiger partial charge in [0.1, 0.15) is 18.0 Å². The Morgan fingerprint density at radius 3 is 2.66 bits per heavy atom. The minimum Gasteiger partial charge on any atom is -0.485 e. The predicted octanol–water partition coefficient (Wildman–Crippen LogP) is 4.52. The largest absolute Gasteiger partial charge is 0.485 e. The zero-order valence-corrected chi connectivity index (χ0v) is 21.7. The van der Waals surface area contributed by atoms with E-state index in [9.17, 15) is 9.59 Å². The fraction of sp³-hybridized carbons (Fsp3) is 0.385. The van der Waals surface area contributed by atoms with E-state index in [0.29, 0.717) is 31.8 Å². The molecule has 8 nitrogen and oxygen atoms in total. The second kappa shape index (κ2) is 10.6. The lowest BCUT2D eigenvalue weighted by Crippen LogP contribution is -2.39. The van der Waals surface area contributed by atoms with Crippen LogP contribution in [0.1, 0.15) is 43.2 Å². The maximum absolute atomic E-state index is 12.5. The molecule has 3 aromatic rings. The first-order valence-corrected chi connectivity index (χ1v) is 12.3. The molecule has 1 aromatic carbocycles. The molecule has 0 fully saturated rings. The van der Waals surface area contributed by atoms with Gasteiger partial charge in [0.15, 0.2) is 0 Å². The van der Waals surface area contributed by atoms with E-state index in [0.717, 1.165) is 27.7 Å². The monoisotopic (exact) mass is 540 g/mol. The summed E-state index contributed by atoms with van der Waals surface area (Å²) >= 11 is 3.35. The first kappa shape index (κ1) is 24.9. The summed E-state index contributed by atoms with van der Waals surface area (Å²) in [7, 11) is 0. The van der Waals surface area contributed by atoms with Crippen molar-refractivity contribution in [1.82, 2.24) is 19.7 Å². The van der Waals surface area contributed by atoms with Gasteiger partial charge in [0, 0.05) is 36.4 Å². The zero-order valence-electron chi connectivity index (χ0n) is 20.2. The van der Waals surface area contributed by atoms with Crippen LogP contribution in [0.2, 0.25) is 0 Å². The van der Waals surface area contributed by atoms with Crippen molar-refractivity contribution in [2.45, 2.75) is 58.9 Å². The van der Waals surface area contributed by atoms with E-state index >= 15 is 0 Å². The number of rotatable bonds is 6. The lowest BCUT2D eigenvalue weighted by Gasteiger charge is -2.31. The number of aromatic nitrogens is 3. The summed E-state index contributed by atoms with van der Waals surface area (Å²) in [6, 6.07) is 11.5. The Labute approximate surface area is 213 Å². The van der Waals surface area contributed by atoms with Crippen molar-refractivity contribution in [2.24, 2.45) is 0 Å². The maximum Gasteiger partial charge on any atom is 0.410 e. The van der Waals surface area contributed by atoms with Crippen LogP contribution < -0.4 is 10.3 Å². The molecule has 0 aliphatic carbocycles. The van der Waals surface area contributed by atoms with Crippen LogP contribution in [0.3, 0.4) is 0 Å². The number of carbonyl (C=O) groups excluding carboxylic acids is 1. The van der Waals surface area contributed by atoms with E-state index in [2.05, 4.69) is 44.2 Å². The number of benzene rings is 1. The lowest BCUT2D eigenvalue weighted by atomic mass is 9.96. The van der Waals surface area contributed by atoms with Crippen molar-refractivity contribution < 1.29 is 14.3 Å². The SMILES string of the molecule is CC(C)(C)OC(=O)N1CCc2ccc(CCn3ncc(OCc4ccc(Br)cn4)cc3=O)cc2C1. The number of ether oxygens (including phenoxy) is 2. The van der Waals surface area contributed by atoms with Gasteiger partial charge < -0.3 is 14.4 Å². The number of amides is 1. The third-order valence-electron chi connectivity index (χ3n) is 5.57. The molecule has 1 aliphatic heterocycles. The Balaban J connectivity index is 1.35. The van der Waals surface area contributed by atoms with Gasteiger partial charge in [-0.25, -0.2) is 9.48 Å². The molecule has 1 amide bonds. The average molecular weight is 541 g/mol. The number of aryl methyl sites for hydroxylation is 2. The summed E-state index contributed by atoms with van der Waals surface area (Å²) in [6.45, 7) is 7.48. The fourth-order valence-corrected chi connectivity index (χ4v) is 4.03. The molecule has 1 aliphatic rings. The molecule has 3 heterocycles. The van der Waals surface area contributed by atoms with Crippen LogP contribution in [0.25, 0.3) is 0 Å². The van der Waals surface area contributed by atoms with E-state index in [1.54, 1.807) is 17.3 Å². The minimum atomic E-state index is -0.518. The van der Waals surface area contributed by atoms with Crippen LogP contribution in [0, 0.1) is 0 Å². The van der Waals surface area contributed by atoms with Crippen molar-refractivity contribution in [2.75, 3.05) is 6.54 Å². The minimum absolute atomic E-state index is 0.222. The highest BCUT2D eigenvalue weighted by Crippen LogP contribution is 2.23. The van der Waals surface area contributed by atoms with Crippen LogP contribution in [-0.2, 0) is 37.3 Å². The number of nitrogens with zero attached hydrogens (tertiary/aromatic N) is 4. The molecular formula is C26H29BrN4O4. The van der Waals surface area contributed by atoms with E-state index < -0.39 is 5.60 Å². The Morgan fingerprint density at radius 1 is 1.11 bits per heavy atom. The van der Waals surface area contributed by atoms with Crippen LogP contribution in [-0.4, -0.2) is 37.9 Å². The number of halogens is 1. The van der Waals surface area contributed by atoms with Crippen molar-refractivity contribution >= 4 is 22.0 Å². The quantitative estimate of drug-likeness (QED) is 0.457. The van der Waals surface area contributed by atoms with Crippen molar-refractivity contribution in [3.8, 4) is 5.75 Å². The summed E-state index contributed by atoms with van der Waals surface area (Å²) in [6.07, 6.45) is 4.40. The molecule has 0 N–H and O–H groups in total. The van der Waals surface area contributed by atoms with Crippen LogP contribution >= 0.6 is 15.9 Å². The standard InChI is InChI=1S/C26H29BrN4O4/c1-26(2,3)35-25(33)30-10-9-19-5-4-18(12-20(19)16-30)8-11-31-24(32)13-23(15-29-31)34-17-22-7-6-21(27)14-28-22/h4-7,12-15H,8-11,16-17H2,1-3H3. The number of pyridine rings is 1. The van der Waals surface area contributed by atoms with E-state index in [1.807, 2.05) is 32.9 Å². The van der Waals surface area contributed by atoms with E-state index in [4.69, 9.17) is 9.47 Å². The molecule has 0 saturated heterocycles. The third-order valence-corrected chi connectivity index (χ3v) is 6.04. The smallest absolute Gasteiger partial charge is 0.410 e. The van der Waals surface area contributed by atoms with Gasteiger partial charge >= 0.3 is 6.09 Å². The van der Waals surface area contributed by atoms with Gasteiger partial charge in [-0.1, -0.05) is 18.2 Å². The van der Waals surface area contributed by atoms with Crippen LogP contribution in [0.5, 0.6) is 5.75 Å². The number of hydrogen-bond acceptors (Lipinski definition) is 6. The van der Waals surface area contributed by atoms with Crippen LogP contribution in [0.4, 0.5) is 4.79 Å². The normalized spacial score (nSPS) is 13.3. The molecular weight excluding hydrogens is 512 g/mol. The third kappa shape index (κ3) is 6.91. The first-order valence-electron chi connectivity index (χ1n) is 11.6. The maximum atomic E-state index is 12.5. The number of fused-ring (bicyclic) bond motifs is 1. The van der Waals surface area contributed by atoms with Gasteiger partial charge in [0.25, 0.3) is 5.56 Å². The second-order valence-electron chi connectivity index (χ2n) is 9.51. The average Bonchev–Trinajstić information content (AvgIpc) is 2.81. The summed E-state index contributed by atoms with van der Waals surface area (Å²) in [5.74, 6) is 0.409. The topological polar surface area (TPSA) is 86.6 Å². The molecule has 2 aromatic heterocycles. The summed E-state index contributed by atoms with van der Waals surface area (Å²) in [4.78, 5) is 31.0. The van der Waals surface area contributed by atoms with Gasteiger partial charge in [0.05, 0.1) is 11.9 Å². The number of carbonyl (C=O) groups is 1. The summed E-state index contributed by atoms with van der Waals surface area (Å²) in [5.41, 5.74) is 3.46. The molecule has 0 unspecified atom stereocenters. The molecule has 0 spiro atoms. The van der Waals surface area contributed by atoms with Gasteiger partial charge in [-0.15, -0.1) is 0 Å². The van der Waals surface area contributed by atoms with E-state index in [1.165, 1.54) is 16.3 Å². The Bertz CT molecular complexity index is 1250. The Morgan fingerprint density at radius 2 is 1.94 bits per heavy atom. The van der Waals surface area contributed by atoms with Gasteiger partial charge in [-0.3, -0.25) is 9.78 Å². The zero-order chi connectivity index (χ0) is 25.0. The molecule has 35 heavy (non-hydrogen) atoms. The summed E-state index contributed by atoms with van der Waals surface area (Å²) < 4.78 is 13.5. The van der Waals surface area contributed by atoms with Gasteiger partial charge in [-0.05, 0) is 78.4 Å². The van der Waals surface area contributed by atoms with E-state index in [-0.39, 0.29) is 18.3 Å². The highest BCUT2D eigenvalue weighted by molar-refractivity contribution is 9.10. The van der Waals surface area contributed by atoms with Gasteiger partial charge in [0.2, 0.25) is 0 Å². The Hall–Kier alpha value is -3.20. The predicted molar refractivity (Wildman–Crippen MR) is 135 cm³/mol. The second-order valence-corrected chi connectivity index (χ2v) is 10.4. The fourth-order valence-electron chi connectivity index (χ4n) is 3.80. The highest BCUT2D eigenvalue weighted by Gasteiger charge is 2.25. The molecule has 4 rings (SSSR count). The Kier molecular flexibility index (Phi) is 7.54. The van der Waals surface area contributed by atoms with Crippen LogP contribution in [0.15, 0.2) is 58.1 Å². The van der Waals surface area contributed by atoms with Gasteiger partial charge in [-0.2, -0.15) is 5.10 Å². The summed E-state index contributed by atoms with van der Waals surface area (Å²) in [5, 5.41) is 4.26. The highest BCUT2D eigenvalue weighted by atomic mass is 79.9. The molecule has 184 valence electrons. The molecule has 0 saturated carbocycles. The molecule has 0 radical (unpaired) electrons. The molecule has 9 heteroatoms.